The summed E-state index contributed by atoms with van der Waals surface area (Å²) in [6, 6.07) is 35.8. The summed E-state index contributed by atoms with van der Waals surface area (Å²) in [5.74, 6) is -0.178. The lowest BCUT2D eigenvalue weighted by Crippen LogP contribution is -2.19. The number of thioether (sulfide) groups is 1. The van der Waals surface area contributed by atoms with Gasteiger partial charge in [0.25, 0.3) is 5.69 Å². The number of aromatic nitrogens is 1. The number of nitro groups is 1. The molecule has 198 valence electrons. The Morgan fingerprint density at radius 1 is 0.900 bits per heavy atom. The van der Waals surface area contributed by atoms with Crippen LogP contribution in [0.5, 0.6) is 0 Å². The van der Waals surface area contributed by atoms with Crippen molar-refractivity contribution in [3.05, 3.63) is 136 Å². The lowest BCUT2D eigenvalue weighted by atomic mass is 10.1. The molecule has 0 unspecified atom stereocenters. The van der Waals surface area contributed by atoms with Gasteiger partial charge in [-0.3, -0.25) is 14.9 Å². The summed E-state index contributed by atoms with van der Waals surface area (Å²) >= 11 is 7.47. The summed E-state index contributed by atoms with van der Waals surface area (Å²) in [6.07, 6.45) is 1.65. The van der Waals surface area contributed by atoms with Crippen LogP contribution in [0, 0.1) is 10.1 Å². The standard InChI is InChI=1S/C31H23ClN4O3S/c32-25-11-13-26(14-12-25)35-29(22-7-3-1-4-8-22)19-24(31(35)23-9-5-2-6-10-23)20-33-34-30(37)21-40-28-17-15-27(16-18-28)36(38)39/h1-20H,21H2,(H,34,37)/b33-20-. The van der Waals surface area contributed by atoms with E-state index in [1.165, 1.54) is 23.9 Å². The molecule has 0 saturated carbocycles. The molecule has 7 nitrogen and oxygen atoms in total. The normalized spacial score (nSPS) is 11.0. The van der Waals surface area contributed by atoms with Gasteiger partial charge in [0.15, 0.2) is 0 Å². The Morgan fingerprint density at radius 2 is 1.52 bits per heavy atom. The molecule has 0 fully saturated rings. The molecule has 1 N–H and O–H groups in total. The second-order valence-corrected chi connectivity index (χ2v) is 10.2. The topological polar surface area (TPSA) is 89.5 Å². The lowest BCUT2D eigenvalue weighted by Gasteiger charge is -2.15. The van der Waals surface area contributed by atoms with Gasteiger partial charge in [0.2, 0.25) is 5.91 Å². The van der Waals surface area contributed by atoms with Crippen LogP contribution in [-0.2, 0) is 4.79 Å². The molecule has 1 aromatic heterocycles. The van der Waals surface area contributed by atoms with Crippen LogP contribution >= 0.6 is 23.4 Å². The fourth-order valence-corrected chi connectivity index (χ4v) is 5.04. The second-order valence-electron chi connectivity index (χ2n) is 8.71. The maximum atomic E-state index is 12.5. The lowest BCUT2D eigenvalue weighted by molar-refractivity contribution is -0.384. The van der Waals surface area contributed by atoms with Crippen molar-refractivity contribution in [3.63, 3.8) is 0 Å². The van der Waals surface area contributed by atoms with Gasteiger partial charge >= 0.3 is 0 Å². The van der Waals surface area contributed by atoms with Gasteiger partial charge in [-0.05, 0) is 53.6 Å². The molecule has 0 radical (unpaired) electrons. The Bertz CT molecular complexity index is 1650. The van der Waals surface area contributed by atoms with E-state index in [1.54, 1.807) is 18.3 Å². The number of amides is 1. The number of nitrogens with one attached hydrogen (secondary N) is 1. The first kappa shape index (κ1) is 26.9. The van der Waals surface area contributed by atoms with Crippen LogP contribution in [0.25, 0.3) is 28.2 Å². The summed E-state index contributed by atoms with van der Waals surface area (Å²) in [6.45, 7) is 0. The molecule has 5 rings (SSSR count). The number of carbonyl (C=O) groups excluding carboxylic acids is 1. The zero-order chi connectivity index (χ0) is 27.9. The van der Waals surface area contributed by atoms with Crippen molar-refractivity contribution in [2.24, 2.45) is 5.10 Å². The largest absolute Gasteiger partial charge is 0.309 e. The number of benzene rings is 4. The van der Waals surface area contributed by atoms with E-state index in [4.69, 9.17) is 11.6 Å². The number of hydrogen-bond acceptors (Lipinski definition) is 5. The number of nitro benzene ring substituents is 1. The highest BCUT2D eigenvalue weighted by Gasteiger charge is 2.19. The molecule has 4 aromatic carbocycles. The van der Waals surface area contributed by atoms with E-state index in [-0.39, 0.29) is 17.3 Å². The molecular formula is C31H23ClN4O3S. The summed E-state index contributed by atoms with van der Waals surface area (Å²) < 4.78 is 2.16. The number of nitrogens with zero attached hydrogens (tertiary/aromatic N) is 3. The van der Waals surface area contributed by atoms with Crippen LogP contribution in [0.1, 0.15) is 5.56 Å². The monoisotopic (exact) mass is 566 g/mol. The smallest absolute Gasteiger partial charge is 0.269 e. The fourth-order valence-electron chi connectivity index (χ4n) is 4.22. The van der Waals surface area contributed by atoms with Gasteiger partial charge in [-0.2, -0.15) is 5.10 Å². The number of hydrazone groups is 1. The van der Waals surface area contributed by atoms with E-state index in [2.05, 4.69) is 27.2 Å². The van der Waals surface area contributed by atoms with Crippen LogP contribution in [0.15, 0.2) is 125 Å². The van der Waals surface area contributed by atoms with Crippen molar-refractivity contribution in [3.8, 4) is 28.2 Å². The minimum Gasteiger partial charge on any atom is -0.309 e. The van der Waals surface area contributed by atoms with E-state index in [0.717, 1.165) is 38.7 Å². The maximum Gasteiger partial charge on any atom is 0.269 e. The van der Waals surface area contributed by atoms with Crippen LogP contribution in [0.3, 0.4) is 0 Å². The van der Waals surface area contributed by atoms with E-state index in [0.29, 0.717) is 5.02 Å². The van der Waals surface area contributed by atoms with Crippen molar-refractivity contribution >= 4 is 41.2 Å². The summed E-state index contributed by atoms with van der Waals surface area (Å²) in [7, 11) is 0. The molecule has 0 aliphatic carbocycles. The number of hydrogen-bond donors (Lipinski definition) is 1. The second kappa shape index (κ2) is 12.5. The Balaban J connectivity index is 1.45. The van der Waals surface area contributed by atoms with Gasteiger partial charge < -0.3 is 4.57 Å². The number of non-ortho nitro benzene ring substituents is 1. The fraction of sp³-hybridized carbons (Fsp3) is 0.0323. The number of carbonyl (C=O) groups is 1. The molecule has 1 amide bonds. The number of halogens is 1. The van der Waals surface area contributed by atoms with Gasteiger partial charge in [-0.15, -0.1) is 11.8 Å². The van der Waals surface area contributed by atoms with E-state index < -0.39 is 4.92 Å². The third-order valence-electron chi connectivity index (χ3n) is 6.04. The molecule has 9 heteroatoms. The third kappa shape index (κ3) is 6.31. The predicted molar refractivity (Wildman–Crippen MR) is 161 cm³/mol. The minimum atomic E-state index is -0.455. The highest BCUT2D eigenvalue weighted by Crippen LogP contribution is 2.35. The third-order valence-corrected chi connectivity index (χ3v) is 7.31. The van der Waals surface area contributed by atoms with Crippen LogP contribution in [-0.4, -0.2) is 27.4 Å². The summed E-state index contributed by atoms with van der Waals surface area (Å²) in [4.78, 5) is 23.6. The predicted octanol–water partition coefficient (Wildman–Crippen LogP) is 7.62. The van der Waals surface area contributed by atoms with Gasteiger partial charge in [0.05, 0.1) is 28.3 Å². The van der Waals surface area contributed by atoms with E-state index in [9.17, 15) is 14.9 Å². The molecule has 40 heavy (non-hydrogen) atoms. The summed E-state index contributed by atoms with van der Waals surface area (Å²) in [5.41, 5.74) is 8.26. The first-order valence-electron chi connectivity index (χ1n) is 12.3. The molecule has 0 bridgehead atoms. The Hall–Kier alpha value is -4.66. The molecule has 0 spiro atoms. The number of rotatable bonds is 9. The van der Waals surface area contributed by atoms with Crippen molar-refractivity contribution in [1.82, 2.24) is 9.99 Å². The summed E-state index contributed by atoms with van der Waals surface area (Å²) in [5, 5.41) is 15.8. The van der Waals surface area contributed by atoms with Crippen LogP contribution in [0.4, 0.5) is 5.69 Å². The highest BCUT2D eigenvalue weighted by atomic mass is 35.5. The van der Waals surface area contributed by atoms with Gasteiger partial charge in [0, 0.05) is 33.3 Å². The zero-order valence-electron chi connectivity index (χ0n) is 21.1. The quantitative estimate of drug-likeness (QED) is 0.0860. The highest BCUT2D eigenvalue weighted by molar-refractivity contribution is 8.00. The van der Waals surface area contributed by atoms with Crippen molar-refractivity contribution in [2.45, 2.75) is 4.90 Å². The average Bonchev–Trinajstić information content (AvgIpc) is 3.37. The van der Waals surface area contributed by atoms with Crippen molar-refractivity contribution in [2.75, 3.05) is 5.75 Å². The average molecular weight is 567 g/mol. The van der Waals surface area contributed by atoms with Crippen LogP contribution in [0.2, 0.25) is 5.02 Å². The van der Waals surface area contributed by atoms with Gasteiger partial charge in [0.1, 0.15) is 0 Å². The molecule has 0 aliphatic heterocycles. The van der Waals surface area contributed by atoms with Gasteiger partial charge in [-0.1, -0.05) is 72.3 Å². The molecular weight excluding hydrogens is 544 g/mol. The SMILES string of the molecule is O=C(CSc1ccc([N+](=O)[O-])cc1)N/N=C\c1cc(-c2ccccc2)n(-c2ccc(Cl)cc2)c1-c1ccccc1. The van der Waals surface area contributed by atoms with Crippen molar-refractivity contribution < 1.29 is 9.72 Å². The van der Waals surface area contributed by atoms with Crippen molar-refractivity contribution in [1.29, 1.82) is 0 Å². The Kier molecular flexibility index (Phi) is 8.39. The first-order valence-corrected chi connectivity index (χ1v) is 13.7. The first-order chi connectivity index (χ1) is 19.5. The molecule has 0 saturated heterocycles. The molecule has 0 atom stereocenters. The van der Waals surface area contributed by atoms with E-state index >= 15 is 0 Å². The van der Waals surface area contributed by atoms with Gasteiger partial charge in [-0.25, -0.2) is 5.43 Å². The Labute approximate surface area is 240 Å². The molecule has 5 aromatic rings. The Morgan fingerprint density at radius 3 is 2.15 bits per heavy atom. The van der Waals surface area contributed by atoms with E-state index in [1.807, 2.05) is 78.9 Å². The zero-order valence-corrected chi connectivity index (χ0v) is 22.7. The minimum absolute atomic E-state index is 0.00744. The van der Waals surface area contributed by atoms with Crippen LogP contribution < -0.4 is 5.43 Å². The maximum absolute atomic E-state index is 12.5. The molecule has 1 heterocycles. The molecule has 0 aliphatic rings.